The summed E-state index contributed by atoms with van der Waals surface area (Å²) in [6, 6.07) is 3.26. The molecule has 1 aromatic rings. The van der Waals surface area contributed by atoms with Crippen molar-refractivity contribution in [3.8, 4) is 0 Å². The molecule has 90 valence electrons. The molecule has 4 N–H and O–H groups in total. The number of anilines is 1. The molecule has 0 spiro atoms. The summed E-state index contributed by atoms with van der Waals surface area (Å²) in [6.45, 7) is 1.50. The molecule has 2 heterocycles. The number of hydrogen-bond donors (Lipinski definition) is 2. The zero-order valence-electron chi connectivity index (χ0n) is 8.41. The molecule has 0 bridgehead atoms. The molecule has 8 heteroatoms. The minimum absolute atomic E-state index is 0. The van der Waals surface area contributed by atoms with E-state index in [1.807, 2.05) is 4.90 Å². The fraction of sp³-hybridized carbons (Fsp3) is 0.375. The third kappa shape index (κ3) is 2.62. The molecule has 0 saturated carbocycles. The van der Waals surface area contributed by atoms with Gasteiger partial charge >= 0.3 is 0 Å². The van der Waals surface area contributed by atoms with Crippen LogP contribution < -0.4 is 15.8 Å². The molecule has 0 aromatic carbocycles. The summed E-state index contributed by atoms with van der Waals surface area (Å²) in [5, 5.41) is 4.95. The first-order valence-electron chi connectivity index (χ1n) is 4.46. The van der Waals surface area contributed by atoms with Crippen LogP contribution in [0.5, 0.6) is 0 Å². The molecule has 0 atom stereocenters. The Hall–Kier alpha value is -0.890. The molecule has 16 heavy (non-hydrogen) atoms. The smallest absolute Gasteiger partial charge is 0.239 e. The Morgan fingerprint density at radius 1 is 1.38 bits per heavy atom. The minimum atomic E-state index is -3.65. The lowest BCUT2D eigenvalue weighted by molar-refractivity contribution is 0.514. The van der Waals surface area contributed by atoms with Crippen LogP contribution in [-0.4, -0.2) is 32.5 Å². The van der Waals surface area contributed by atoms with Gasteiger partial charge in [-0.05, 0) is 12.1 Å². The van der Waals surface area contributed by atoms with E-state index in [4.69, 9.17) is 10.9 Å². The van der Waals surface area contributed by atoms with Crippen LogP contribution in [0.2, 0.25) is 0 Å². The summed E-state index contributed by atoms with van der Waals surface area (Å²) < 4.78 is 21.9. The highest BCUT2D eigenvalue weighted by molar-refractivity contribution is 7.89. The van der Waals surface area contributed by atoms with E-state index in [-0.39, 0.29) is 23.3 Å². The van der Waals surface area contributed by atoms with Crippen molar-refractivity contribution in [3.05, 3.63) is 18.3 Å². The van der Waals surface area contributed by atoms with Crippen LogP contribution in [0.3, 0.4) is 0 Å². The highest BCUT2D eigenvalue weighted by Gasteiger charge is 2.24. The van der Waals surface area contributed by atoms with Crippen LogP contribution in [0.4, 0.5) is 5.82 Å². The monoisotopic (exact) mass is 264 g/mol. The molecule has 1 aliphatic rings. The van der Waals surface area contributed by atoms with Crippen LogP contribution in [0.1, 0.15) is 0 Å². The Bertz CT molecular complexity index is 455. The molecule has 1 saturated heterocycles. The predicted molar refractivity (Wildman–Crippen MR) is 63.0 cm³/mol. The van der Waals surface area contributed by atoms with E-state index >= 15 is 0 Å². The molecule has 0 radical (unpaired) electrons. The van der Waals surface area contributed by atoms with E-state index in [0.29, 0.717) is 0 Å². The van der Waals surface area contributed by atoms with Crippen LogP contribution in [0.25, 0.3) is 0 Å². The Balaban J connectivity index is 0.00000128. The fourth-order valence-corrected chi connectivity index (χ4v) is 1.88. The van der Waals surface area contributed by atoms with Gasteiger partial charge in [-0.1, -0.05) is 0 Å². The van der Waals surface area contributed by atoms with E-state index in [1.54, 1.807) is 6.07 Å². The molecule has 0 unspecified atom stereocenters. The van der Waals surface area contributed by atoms with Crippen LogP contribution in [0, 0.1) is 0 Å². The standard InChI is InChI=1S/C8H12N4O2S.ClH/c9-6-4-12(5-6)8-2-1-7(3-11-8)15(10,13)14;/h1-3,6H,4-5,9H2,(H2,10,13,14);1H. The number of rotatable bonds is 2. The number of sulfonamides is 1. The first-order valence-corrected chi connectivity index (χ1v) is 6.01. The summed E-state index contributed by atoms with van der Waals surface area (Å²) in [5.41, 5.74) is 5.62. The molecule has 6 nitrogen and oxygen atoms in total. The quantitative estimate of drug-likeness (QED) is 0.735. The zero-order chi connectivity index (χ0) is 11.1. The summed E-state index contributed by atoms with van der Waals surface area (Å²) in [5.74, 6) is 0.726. The van der Waals surface area contributed by atoms with Gasteiger partial charge in [0, 0.05) is 25.3 Å². The number of primary sulfonamides is 1. The highest BCUT2D eigenvalue weighted by atomic mass is 35.5. The number of hydrogen-bond acceptors (Lipinski definition) is 5. The molecular weight excluding hydrogens is 252 g/mol. The number of nitrogens with two attached hydrogens (primary N) is 2. The van der Waals surface area contributed by atoms with Crippen LogP contribution in [0.15, 0.2) is 23.2 Å². The number of pyridine rings is 1. The molecule has 1 aromatic heterocycles. The van der Waals surface area contributed by atoms with Crippen molar-refractivity contribution >= 4 is 28.2 Å². The first-order chi connectivity index (χ1) is 6.97. The molecule has 2 rings (SSSR count). The van der Waals surface area contributed by atoms with Gasteiger partial charge in [-0.2, -0.15) is 0 Å². The van der Waals surface area contributed by atoms with Crippen molar-refractivity contribution in [2.45, 2.75) is 10.9 Å². The normalized spacial score (nSPS) is 16.5. The average Bonchev–Trinajstić information content (AvgIpc) is 2.12. The lowest BCUT2D eigenvalue weighted by atomic mass is 10.1. The Morgan fingerprint density at radius 2 is 2.00 bits per heavy atom. The maximum Gasteiger partial charge on any atom is 0.239 e. The molecule has 1 fully saturated rings. The predicted octanol–water partition coefficient (Wildman–Crippen LogP) is -0.702. The van der Waals surface area contributed by atoms with Crippen molar-refractivity contribution in [2.24, 2.45) is 10.9 Å². The van der Waals surface area contributed by atoms with Crippen molar-refractivity contribution < 1.29 is 8.42 Å². The Morgan fingerprint density at radius 3 is 2.38 bits per heavy atom. The largest absolute Gasteiger partial charge is 0.353 e. The molecule has 0 amide bonds. The maximum atomic E-state index is 11.0. The minimum Gasteiger partial charge on any atom is -0.353 e. The number of aromatic nitrogens is 1. The second-order valence-corrected chi connectivity index (χ2v) is 5.12. The van der Waals surface area contributed by atoms with Gasteiger partial charge in [0.2, 0.25) is 10.0 Å². The molecule has 1 aliphatic heterocycles. The first kappa shape index (κ1) is 13.2. The van der Waals surface area contributed by atoms with E-state index < -0.39 is 10.0 Å². The van der Waals surface area contributed by atoms with Crippen molar-refractivity contribution in [1.82, 2.24) is 4.98 Å². The third-order valence-corrected chi connectivity index (χ3v) is 3.18. The zero-order valence-corrected chi connectivity index (χ0v) is 10.0. The van der Waals surface area contributed by atoms with Crippen LogP contribution >= 0.6 is 12.4 Å². The summed E-state index contributed by atoms with van der Waals surface area (Å²) in [4.78, 5) is 6.01. The highest BCUT2D eigenvalue weighted by Crippen LogP contribution is 2.18. The van der Waals surface area contributed by atoms with Gasteiger partial charge in [-0.25, -0.2) is 18.5 Å². The molecule has 0 aliphatic carbocycles. The molecular formula is C8H13ClN4O2S. The van der Waals surface area contributed by atoms with Crippen molar-refractivity contribution in [3.63, 3.8) is 0 Å². The van der Waals surface area contributed by atoms with Gasteiger partial charge in [-0.3, -0.25) is 0 Å². The van der Waals surface area contributed by atoms with E-state index in [9.17, 15) is 8.42 Å². The maximum absolute atomic E-state index is 11.0. The van der Waals surface area contributed by atoms with E-state index in [1.165, 1.54) is 12.3 Å². The summed E-state index contributed by atoms with van der Waals surface area (Å²) >= 11 is 0. The lowest BCUT2D eigenvalue weighted by Crippen LogP contribution is -2.56. The topological polar surface area (TPSA) is 102 Å². The van der Waals surface area contributed by atoms with Crippen molar-refractivity contribution in [2.75, 3.05) is 18.0 Å². The van der Waals surface area contributed by atoms with Crippen molar-refractivity contribution in [1.29, 1.82) is 0 Å². The van der Waals surface area contributed by atoms with E-state index in [2.05, 4.69) is 4.98 Å². The van der Waals surface area contributed by atoms with E-state index in [0.717, 1.165) is 18.9 Å². The Kier molecular flexibility index (Phi) is 3.74. The summed E-state index contributed by atoms with van der Waals surface area (Å²) in [7, 11) is -3.65. The van der Waals surface area contributed by atoms with Gasteiger partial charge in [-0.15, -0.1) is 12.4 Å². The average molecular weight is 265 g/mol. The van der Waals surface area contributed by atoms with Gasteiger partial charge in [0.1, 0.15) is 10.7 Å². The Labute approximate surface area is 100 Å². The van der Waals surface area contributed by atoms with Gasteiger partial charge < -0.3 is 10.6 Å². The van der Waals surface area contributed by atoms with Crippen LogP contribution in [-0.2, 0) is 10.0 Å². The van der Waals surface area contributed by atoms with Gasteiger partial charge in [0.15, 0.2) is 0 Å². The second-order valence-electron chi connectivity index (χ2n) is 3.56. The second kappa shape index (κ2) is 4.54. The number of nitrogens with zero attached hydrogens (tertiary/aromatic N) is 2. The SMILES string of the molecule is Cl.NC1CN(c2ccc(S(N)(=O)=O)cn2)C1. The third-order valence-electron chi connectivity index (χ3n) is 2.28. The van der Waals surface area contributed by atoms with Gasteiger partial charge in [0.05, 0.1) is 0 Å². The summed E-state index contributed by atoms with van der Waals surface area (Å²) in [6.07, 6.45) is 1.26. The number of halogens is 1. The van der Waals surface area contributed by atoms with Gasteiger partial charge in [0.25, 0.3) is 0 Å². The lowest BCUT2D eigenvalue weighted by Gasteiger charge is -2.37. The fourth-order valence-electron chi connectivity index (χ4n) is 1.43.